The number of carbonyl (C=O) groups excluding carboxylic acids is 1. The molecule has 0 spiro atoms. The molecule has 1 N–H and O–H groups in total. The second-order valence-corrected chi connectivity index (χ2v) is 7.01. The third kappa shape index (κ3) is 2.92. The highest BCUT2D eigenvalue weighted by Gasteiger charge is 2.48. The van der Waals surface area contributed by atoms with Crippen molar-refractivity contribution in [1.29, 1.82) is 0 Å². The summed E-state index contributed by atoms with van der Waals surface area (Å²) in [4.78, 5) is 38.0. The fraction of sp³-hybridized carbons (Fsp3) is 0.421. The minimum Gasteiger partial charge on any atom is -0.481 e. The summed E-state index contributed by atoms with van der Waals surface area (Å²) in [5.74, 6) is -1.01. The lowest BCUT2D eigenvalue weighted by molar-refractivity contribution is -0.151. The normalized spacial score (nSPS) is 20.4. The van der Waals surface area contributed by atoms with Crippen LogP contribution in [0.25, 0.3) is 10.9 Å². The predicted molar refractivity (Wildman–Crippen MR) is 94.3 cm³/mol. The number of likely N-dealkylation sites (tertiary alicyclic amines) is 1. The molecule has 1 saturated heterocycles. The van der Waals surface area contributed by atoms with Gasteiger partial charge in [-0.3, -0.25) is 14.4 Å². The van der Waals surface area contributed by atoms with Gasteiger partial charge in [-0.15, -0.1) is 0 Å². The third-order valence-electron chi connectivity index (χ3n) is 5.38. The fourth-order valence-electron chi connectivity index (χ4n) is 3.58. The summed E-state index contributed by atoms with van der Waals surface area (Å²) >= 11 is 0. The molecular weight excluding hydrogens is 320 g/mol. The number of aromatic nitrogens is 1. The van der Waals surface area contributed by atoms with Gasteiger partial charge in [0, 0.05) is 30.7 Å². The summed E-state index contributed by atoms with van der Waals surface area (Å²) in [6, 6.07) is 8.62. The van der Waals surface area contributed by atoms with Gasteiger partial charge in [-0.2, -0.15) is 0 Å². The van der Waals surface area contributed by atoms with Crippen LogP contribution in [0.3, 0.4) is 0 Å². The topological polar surface area (TPSA) is 79.6 Å². The standard InChI is InChI=1S/C19H22N2O4/c1-13(2)19(18(24)25)8-10-21(12-19)17(23)11-20-9-7-16(22)14-5-3-4-6-15(14)20/h3-7,9,13H,8,10-12H2,1-2H3,(H,24,25). The number of amides is 1. The van der Waals surface area contributed by atoms with Crippen molar-refractivity contribution in [3.63, 3.8) is 0 Å². The number of para-hydroxylation sites is 1. The zero-order chi connectivity index (χ0) is 18.2. The number of carboxylic acids is 1. The molecule has 132 valence electrons. The number of rotatable bonds is 4. The van der Waals surface area contributed by atoms with Gasteiger partial charge >= 0.3 is 5.97 Å². The van der Waals surface area contributed by atoms with Gasteiger partial charge in [-0.1, -0.05) is 26.0 Å². The molecule has 1 atom stereocenters. The molecule has 6 nitrogen and oxygen atoms in total. The second kappa shape index (κ2) is 6.35. The van der Waals surface area contributed by atoms with Crippen LogP contribution in [-0.4, -0.2) is 39.5 Å². The van der Waals surface area contributed by atoms with E-state index < -0.39 is 11.4 Å². The summed E-state index contributed by atoms with van der Waals surface area (Å²) in [7, 11) is 0. The van der Waals surface area contributed by atoms with Crippen molar-refractivity contribution in [3.05, 3.63) is 46.8 Å². The van der Waals surface area contributed by atoms with Gasteiger partial charge in [0.05, 0.1) is 10.9 Å². The molecule has 2 heterocycles. The number of pyridine rings is 1. The summed E-state index contributed by atoms with van der Waals surface area (Å²) in [6.45, 7) is 4.54. The van der Waals surface area contributed by atoms with E-state index in [4.69, 9.17) is 0 Å². The van der Waals surface area contributed by atoms with Gasteiger partial charge in [-0.05, 0) is 24.5 Å². The van der Waals surface area contributed by atoms with E-state index in [1.54, 1.807) is 27.8 Å². The van der Waals surface area contributed by atoms with Crippen molar-refractivity contribution in [3.8, 4) is 0 Å². The molecule has 25 heavy (non-hydrogen) atoms. The number of fused-ring (bicyclic) bond motifs is 1. The van der Waals surface area contributed by atoms with E-state index >= 15 is 0 Å². The lowest BCUT2D eigenvalue weighted by Crippen LogP contribution is -2.41. The molecule has 0 aliphatic carbocycles. The van der Waals surface area contributed by atoms with Crippen molar-refractivity contribution in [2.45, 2.75) is 26.8 Å². The van der Waals surface area contributed by atoms with E-state index in [2.05, 4.69) is 0 Å². The first-order valence-electron chi connectivity index (χ1n) is 8.44. The fourth-order valence-corrected chi connectivity index (χ4v) is 3.58. The van der Waals surface area contributed by atoms with Crippen molar-refractivity contribution >= 4 is 22.8 Å². The molecule has 0 radical (unpaired) electrons. The molecule has 6 heteroatoms. The summed E-state index contributed by atoms with van der Waals surface area (Å²) < 4.78 is 1.75. The average Bonchev–Trinajstić information content (AvgIpc) is 3.05. The Morgan fingerprint density at radius 3 is 2.60 bits per heavy atom. The van der Waals surface area contributed by atoms with E-state index in [-0.39, 0.29) is 30.3 Å². The Kier molecular flexibility index (Phi) is 4.37. The highest BCUT2D eigenvalue weighted by molar-refractivity contribution is 5.83. The zero-order valence-corrected chi connectivity index (χ0v) is 14.4. The van der Waals surface area contributed by atoms with E-state index in [0.29, 0.717) is 23.9 Å². The minimum atomic E-state index is -0.874. The van der Waals surface area contributed by atoms with Crippen LogP contribution in [-0.2, 0) is 16.1 Å². The quantitative estimate of drug-likeness (QED) is 0.921. The first kappa shape index (κ1) is 17.2. The number of carbonyl (C=O) groups is 2. The molecule has 1 aromatic heterocycles. The molecule has 0 saturated carbocycles. The maximum atomic E-state index is 12.7. The lowest BCUT2D eigenvalue weighted by atomic mass is 9.76. The smallest absolute Gasteiger partial charge is 0.311 e. The SMILES string of the molecule is CC(C)C1(C(=O)O)CCN(C(=O)Cn2ccc(=O)c3ccccc32)C1. The van der Waals surface area contributed by atoms with E-state index in [1.165, 1.54) is 6.07 Å². The largest absolute Gasteiger partial charge is 0.481 e. The Bertz CT molecular complexity index is 886. The first-order chi connectivity index (χ1) is 11.8. The number of aliphatic carboxylic acids is 1. The number of hydrogen-bond acceptors (Lipinski definition) is 3. The Morgan fingerprint density at radius 1 is 1.24 bits per heavy atom. The van der Waals surface area contributed by atoms with Crippen molar-refractivity contribution in [2.24, 2.45) is 11.3 Å². The molecule has 0 bridgehead atoms. The van der Waals surface area contributed by atoms with Crippen LogP contribution >= 0.6 is 0 Å². The van der Waals surface area contributed by atoms with Crippen LogP contribution in [0, 0.1) is 11.3 Å². The molecule has 1 unspecified atom stereocenters. The van der Waals surface area contributed by atoms with Crippen LogP contribution in [0.5, 0.6) is 0 Å². The van der Waals surface area contributed by atoms with Crippen LogP contribution in [0.2, 0.25) is 0 Å². The maximum Gasteiger partial charge on any atom is 0.311 e. The monoisotopic (exact) mass is 342 g/mol. The summed E-state index contributed by atoms with van der Waals surface area (Å²) in [5.41, 5.74) is -0.248. The molecule has 1 aliphatic rings. The van der Waals surface area contributed by atoms with E-state index in [0.717, 1.165) is 0 Å². The van der Waals surface area contributed by atoms with Crippen molar-refractivity contribution in [2.75, 3.05) is 13.1 Å². The van der Waals surface area contributed by atoms with Gasteiger partial charge in [-0.25, -0.2) is 0 Å². The van der Waals surface area contributed by atoms with Gasteiger partial charge in [0.15, 0.2) is 5.43 Å². The molecule has 3 rings (SSSR count). The predicted octanol–water partition coefficient (Wildman–Crippen LogP) is 1.96. The van der Waals surface area contributed by atoms with Crippen molar-refractivity contribution < 1.29 is 14.7 Å². The zero-order valence-electron chi connectivity index (χ0n) is 14.4. The Labute approximate surface area is 145 Å². The number of hydrogen-bond donors (Lipinski definition) is 1. The maximum absolute atomic E-state index is 12.7. The van der Waals surface area contributed by atoms with Gasteiger partial charge < -0.3 is 14.6 Å². The van der Waals surface area contributed by atoms with Crippen molar-refractivity contribution in [1.82, 2.24) is 9.47 Å². The molecule has 1 aromatic carbocycles. The van der Waals surface area contributed by atoms with E-state index in [1.807, 2.05) is 26.0 Å². The average molecular weight is 342 g/mol. The Morgan fingerprint density at radius 2 is 1.96 bits per heavy atom. The number of carboxylic acid groups (broad SMARTS) is 1. The molecule has 1 fully saturated rings. The number of nitrogens with zero attached hydrogens (tertiary/aromatic N) is 2. The van der Waals surface area contributed by atoms with E-state index in [9.17, 15) is 19.5 Å². The van der Waals surface area contributed by atoms with Gasteiger partial charge in [0.1, 0.15) is 6.54 Å². The van der Waals surface area contributed by atoms with Crippen LogP contribution in [0.1, 0.15) is 20.3 Å². The Balaban J connectivity index is 1.84. The molecule has 2 aromatic rings. The summed E-state index contributed by atoms with van der Waals surface area (Å²) in [5, 5.41) is 10.2. The molecule has 1 aliphatic heterocycles. The lowest BCUT2D eigenvalue weighted by Gasteiger charge is -2.28. The highest BCUT2D eigenvalue weighted by atomic mass is 16.4. The highest BCUT2D eigenvalue weighted by Crippen LogP contribution is 2.38. The van der Waals surface area contributed by atoms with Crippen LogP contribution in [0.15, 0.2) is 41.3 Å². The second-order valence-electron chi connectivity index (χ2n) is 7.01. The van der Waals surface area contributed by atoms with Crippen LogP contribution < -0.4 is 5.43 Å². The first-order valence-corrected chi connectivity index (χ1v) is 8.44. The van der Waals surface area contributed by atoms with Crippen LogP contribution in [0.4, 0.5) is 0 Å². The van der Waals surface area contributed by atoms with Gasteiger partial charge in [0.2, 0.25) is 5.91 Å². The third-order valence-corrected chi connectivity index (χ3v) is 5.38. The van der Waals surface area contributed by atoms with Gasteiger partial charge in [0.25, 0.3) is 0 Å². The molecular formula is C19H22N2O4. The Hall–Kier alpha value is -2.63. The molecule has 1 amide bonds. The summed E-state index contributed by atoms with van der Waals surface area (Å²) in [6.07, 6.45) is 2.09. The number of benzene rings is 1. The minimum absolute atomic E-state index is 0.0453.